The summed E-state index contributed by atoms with van der Waals surface area (Å²) in [6.45, 7) is 3.79. The Hall–Kier alpha value is -1.42. The van der Waals surface area contributed by atoms with Gasteiger partial charge in [0.15, 0.2) is 5.15 Å². The normalized spacial score (nSPS) is 10.5. The van der Waals surface area contributed by atoms with Crippen LogP contribution in [0.5, 0.6) is 0 Å². The predicted octanol–water partition coefficient (Wildman–Crippen LogP) is 1.93. The van der Waals surface area contributed by atoms with Crippen molar-refractivity contribution >= 4 is 11.6 Å². The Labute approximate surface area is 86.6 Å². The van der Waals surface area contributed by atoms with E-state index in [9.17, 15) is 0 Å². The lowest BCUT2D eigenvalue weighted by Crippen LogP contribution is -2.00. The van der Waals surface area contributed by atoms with E-state index in [0.29, 0.717) is 11.0 Å². The molecule has 0 radical (unpaired) electrons. The van der Waals surface area contributed by atoms with Crippen molar-refractivity contribution in [1.82, 2.24) is 19.7 Å². The molecule has 2 aromatic rings. The van der Waals surface area contributed by atoms with Crippen molar-refractivity contribution in [2.45, 2.75) is 13.8 Å². The highest BCUT2D eigenvalue weighted by molar-refractivity contribution is 6.31. The molecule has 2 rings (SSSR count). The minimum Gasteiger partial charge on any atom is -0.242 e. The molecule has 4 nitrogen and oxygen atoms in total. The summed E-state index contributed by atoms with van der Waals surface area (Å²) in [5.74, 6) is 0.712. The van der Waals surface area contributed by atoms with E-state index in [4.69, 9.17) is 11.6 Å². The number of hydrogen-bond donors (Lipinski definition) is 0. The van der Waals surface area contributed by atoms with Gasteiger partial charge in [0.1, 0.15) is 17.8 Å². The first-order chi connectivity index (χ1) is 6.68. The Morgan fingerprint density at radius 1 is 1.29 bits per heavy atom. The Kier molecular flexibility index (Phi) is 2.21. The summed E-state index contributed by atoms with van der Waals surface area (Å²) in [4.78, 5) is 8.04. The first-order valence-corrected chi connectivity index (χ1v) is 4.56. The number of nitrogens with zero attached hydrogens (tertiary/aromatic N) is 4. The first-order valence-electron chi connectivity index (χ1n) is 4.18. The van der Waals surface area contributed by atoms with Crippen molar-refractivity contribution in [3.63, 3.8) is 0 Å². The van der Waals surface area contributed by atoms with Crippen LogP contribution in [0, 0.1) is 13.8 Å². The molecule has 0 spiro atoms. The van der Waals surface area contributed by atoms with Gasteiger partial charge in [0.2, 0.25) is 0 Å². The maximum Gasteiger partial charge on any atom is 0.154 e. The molecule has 5 heteroatoms. The topological polar surface area (TPSA) is 43.6 Å². The van der Waals surface area contributed by atoms with Crippen LogP contribution in [-0.4, -0.2) is 19.7 Å². The molecule has 0 atom stereocenters. The van der Waals surface area contributed by atoms with Crippen molar-refractivity contribution in [2.75, 3.05) is 0 Å². The largest absolute Gasteiger partial charge is 0.242 e. The molecule has 2 aromatic heterocycles. The molecule has 0 amide bonds. The molecule has 0 aliphatic carbocycles. The number of rotatable bonds is 1. The van der Waals surface area contributed by atoms with E-state index in [0.717, 1.165) is 11.3 Å². The summed E-state index contributed by atoms with van der Waals surface area (Å²) < 4.78 is 1.64. The maximum absolute atomic E-state index is 5.97. The second-order valence-corrected chi connectivity index (χ2v) is 3.36. The van der Waals surface area contributed by atoms with Crippen molar-refractivity contribution in [2.24, 2.45) is 0 Å². The van der Waals surface area contributed by atoms with Gasteiger partial charge in [0.05, 0.1) is 0 Å². The quantitative estimate of drug-likeness (QED) is 0.673. The predicted molar refractivity (Wildman–Crippen MR) is 53.6 cm³/mol. The minimum absolute atomic E-state index is 0.440. The molecule has 0 fully saturated rings. The molecular formula is C9H9ClN4. The molecule has 0 saturated carbocycles. The smallest absolute Gasteiger partial charge is 0.154 e. The Bertz CT molecular complexity index is 443. The van der Waals surface area contributed by atoms with Gasteiger partial charge in [0.25, 0.3) is 0 Å². The molecule has 2 heterocycles. The van der Waals surface area contributed by atoms with Gasteiger partial charge in [-0.25, -0.2) is 14.6 Å². The standard InChI is InChI=1S/C9H9ClN4/c1-6-3-4-11-9(10)8(6)14-5-12-7(2)13-14/h3-5H,1-2H3. The van der Waals surface area contributed by atoms with Gasteiger partial charge in [-0.05, 0) is 25.5 Å². The summed E-state index contributed by atoms with van der Waals surface area (Å²) in [5.41, 5.74) is 1.81. The summed E-state index contributed by atoms with van der Waals surface area (Å²) >= 11 is 5.97. The SMILES string of the molecule is Cc1ncn(-c2c(C)ccnc2Cl)n1. The van der Waals surface area contributed by atoms with Gasteiger partial charge in [0, 0.05) is 6.20 Å². The second kappa shape index (κ2) is 3.38. The average Bonchev–Trinajstić information content (AvgIpc) is 2.51. The third-order valence-electron chi connectivity index (χ3n) is 1.92. The maximum atomic E-state index is 5.97. The summed E-state index contributed by atoms with van der Waals surface area (Å²) in [6.07, 6.45) is 3.30. The molecule has 72 valence electrons. The molecule has 0 saturated heterocycles. The third-order valence-corrected chi connectivity index (χ3v) is 2.19. The van der Waals surface area contributed by atoms with Crippen LogP contribution in [0.3, 0.4) is 0 Å². The molecule has 0 aliphatic rings. The van der Waals surface area contributed by atoms with E-state index in [1.165, 1.54) is 0 Å². The van der Waals surface area contributed by atoms with Crippen LogP contribution in [0.25, 0.3) is 5.69 Å². The highest BCUT2D eigenvalue weighted by atomic mass is 35.5. The molecule has 0 bridgehead atoms. The Morgan fingerprint density at radius 3 is 2.64 bits per heavy atom. The van der Waals surface area contributed by atoms with Crippen molar-refractivity contribution in [3.8, 4) is 5.69 Å². The fourth-order valence-corrected chi connectivity index (χ4v) is 1.54. The van der Waals surface area contributed by atoms with Gasteiger partial charge in [-0.2, -0.15) is 5.10 Å². The van der Waals surface area contributed by atoms with E-state index < -0.39 is 0 Å². The van der Waals surface area contributed by atoms with Crippen molar-refractivity contribution in [3.05, 3.63) is 35.1 Å². The average molecular weight is 209 g/mol. The minimum atomic E-state index is 0.440. The summed E-state index contributed by atoms with van der Waals surface area (Å²) in [5, 5.41) is 4.62. The zero-order valence-electron chi connectivity index (χ0n) is 7.90. The molecule has 14 heavy (non-hydrogen) atoms. The molecule has 0 aromatic carbocycles. The molecule has 0 aliphatic heterocycles. The lowest BCUT2D eigenvalue weighted by molar-refractivity contribution is 0.850. The van der Waals surface area contributed by atoms with E-state index in [1.54, 1.807) is 17.2 Å². The molecule has 0 unspecified atom stereocenters. The zero-order valence-corrected chi connectivity index (χ0v) is 8.65. The lowest BCUT2D eigenvalue weighted by atomic mass is 10.2. The second-order valence-electron chi connectivity index (χ2n) is 3.00. The summed E-state index contributed by atoms with van der Waals surface area (Å²) in [7, 11) is 0. The highest BCUT2D eigenvalue weighted by Gasteiger charge is 2.08. The van der Waals surface area contributed by atoms with E-state index >= 15 is 0 Å². The van der Waals surface area contributed by atoms with Crippen LogP contribution in [0.2, 0.25) is 5.15 Å². The number of hydrogen-bond acceptors (Lipinski definition) is 3. The number of halogens is 1. The fourth-order valence-electron chi connectivity index (χ4n) is 1.25. The van der Waals surface area contributed by atoms with Gasteiger partial charge in [-0.15, -0.1) is 0 Å². The lowest BCUT2D eigenvalue weighted by Gasteiger charge is -2.05. The highest BCUT2D eigenvalue weighted by Crippen LogP contribution is 2.20. The zero-order chi connectivity index (χ0) is 10.1. The Balaban J connectivity index is 2.61. The van der Waals surface area contributed by atoms with E-state index in [2.05, 4.69) is 15.1 Å². The summed E-state index contributed by atoms with van der Waals surface area (Å²) in [6, 6.07) is 1.89. The number of pyridine rings is 1. The van der Waals surface area contributed by atoms with Gasteiger partial charge >= 0.3 is 0 Å². The van der Waals surface area contributed by atoms with Crippen molar-refractivity contribution < 1.29 is 0 Å². The van der Waals surface area contributed by atoms with E-state index in [1.807, 2.05) is 19.9 Å². The Morgan fingerprint density at radius 2 is 2.07 bits per heavy atom. The van der Waals surface area contributed by atoms with Crippen LogP contribution in [0.1, 0.15) is 11.4 Å². The van der Waals surface area contributed by atoms with Crippen LogP contribution < -0.4 is 0 Å². The van der Waals surface area contributed by atoms with Crippen LogP contribution in [0.4, 0.5) is 0 Å². The van der Waals surface area contributed by atoms with Crippen molar-refractivity contribution in [1.29, 1.82) is 0 Å². The van der Waals surface area contributed by atoms with Crippen LogP contribution in [0.15, 0.2) is 18.6 Å². The molecular weight excluding hydrogens is 200 g/mol. The monoisotopic (exact) mass is 208 g/mol. The van der Waals surface area contributed by atoms with Gasteiger partial charge in [-0.1, -0.05) is 11.6 Å². The number of aromatic nitrogens is 4. The number of aryl methyl sites for hydroxylation is 2. The van der Waals surface area contributed by atoms with Crippen LogP contribution >= 0.6 is 11.6 Å². The fraction of sp³-hybridized carbons (Fsp3) is 0.222. The van der Waals surface area contributed by atoms with Crippen LogP contribution in [-0.2, 0) is 0 Å². The van der Waals surface area contributed by atoms with Gasteiger partial charge in [-0.3, -0.25) is 0 Å². The molecule has 0 N–H and O–H groups in total. The first kappa shape index (κ1) is 9.15. The van der Waals surface area contributed by atoms with E-state index in [-0.39, 0.29) is 0 Å². The third kappa shape index (κ3) is 1.48. The van der Waals surface area contributed by atoms with Gasteiger partial charge < -0.3 is 0 Å².